The highest BCUT2D eigenvalue weighted by Crippen LogP contribution is 2.35. The number of ether oxygens (including phenoxy) is 2. The lowest BCUT2D eigenvalue weighted by Gasteiger charge is -2.20. The van der Waals surface area contributed by atoms with Crippen LogP contribution in [0.3, 0.4) is 0 Å². The summed E-state index contributed by atoms with van der Waals surface area (Å²) in [6.07, 6.45) is -2.05. The van der Waals surface area contributed by atoms with E-state index in [0.29, 0.717) is 5.56 Å². The first-order valence-electron chi connectivity index (χ1n) is 8.73. The number of rotatable bonds is 8. The summed E-state index contributed by atoms with van der Waals surface area (Å²) in [5.74, 6) is -7.51. The number of aliphatic hydroxyl groups excluding tert-OH is 1. The lowest BCUT2D eigenvalue weighted by molar-refractivity contribution is -0.159. The molecule has 0 spiro atoms. The van der Waals surface area contributed by atoms with Crippen LogP contribution in [0, 0.1) is 0 Å². The maximum absolute atomic E-state index is 12.2. The standard InChI is InChI=1S/C20H18O12/c21-11-3-1-9(5-12(11)22)2-4-16(25)31-8-15(18(27)19(28)29)32-20(30)10-6-13(23)17(26)14(24)7-10/h1-7,15,18,21-24,26-27H,8H2,(H,28,29)/b4-2+. The van der Waals surface area contributed by atoms with Gasteiger partial charge in [0.15, 0.2) is 41.0 Å². The van der Waals surface area contributed by atoms with Gasteiger partial charge in [0.25, 0.3) is 0 Å². The number of carboxylic acid groups (broad SMARTS) is 1. The molecule has 12 nitrogen and oxygen atoms in total. The fourth-order valence-corrected chi connectivity index (χ4v) is 2.30. The van der Waals surface area contributed by atoms with E-state index in [-0.39, 0.29) is 5.75 Å². The maximum atomic E-state index is 12.2. The molecule has 2 aromatic rings. The second-order valence-corrected chi connectivity index (χ2v) is 6.30. The molecule has 0 radical (unpaired) electrons. The predicted octanol–water partition coefficient (Wildman–Crippen LogP) is 0.442. The zero-order valence-electron chi connectivity index (χ0n) is 16.1. The molecule has 2 aromatic carbocycles. The molecule has 0 aliphatic heterocycles. The van der Waals surface area contributed by atoms with Crippen molar-refractivity contribution in [3.8, 4) is 28.7 Å². The number of aliphatic carboxylic acids is 1. The first-order chi connectivity index (χ1) is 15.0. The van der Waals surface area contributed by atoms with E-state index in [0.717, 1.165) is 24.3 Å². The minimum absolute atomic E-state index is 0.317. The van der Waals surface area contributed by atoms with Gasteiger partial charge in [-0.15, -0.1) is 0 Å². The fraction of sp³-hybridized carbons (Fsp3) is 0.150. The van der Waals surface area contributed by atoms with Crippen molar-refractivity contribution in [2.75, 3.05) is 6.61 Å². The van der Waals surface area contributed by atoms with Gasteiger partial charge in [0.2, 0.25) is 0 Å². The molecule has 32 heavy (non-hydrogen) atoms. The number of carbonyl (C=O) groups is 3. The van der Waals surface area contributed by atoms with Crippen LogP contribution in [0.15, 0.2) is 36.4 Å². The Bertz CT molecular complexity index is 1040. The minimum Gasteiger partial charge on any atom is -0.504 e. The van der Waals surface area contributed by atoms with Gasteiger partial charge in [-0.3, -0.25) is 0 Å². The SMILES string of the molecule is O=C(/C=C/c1ccc(O)c(O)c1)OCC(OC(=O)c1cc(O)c(O)c(O)c1)C(O)C(=O)O. The lowest BCUT2D eigenvalue weighted by Crippen LogP contribution is -2.41. The molecule has 170 valence electrons. The van der Waals surface area contributed by atoms with Crippen LogP contribution in [0.1, 0.15) is 15.9 Å². The number of phenols is 5. The van der Waals surface area contributed by atoms with E-state index in [9.17, 15) is 45.0 Å². The molecule has 0 aromatic heterocycles. The van der Waals surface area contributed by atoms with Gasteiger partial charge in [-0.05, 0) is 35.9 Å². The lowest BCUT2D eigenvalue weighted by atomic mass is 10.1. The first-order valence-corrected chi connectivity index (χ1v) is 8.73. The van der Waals surface area contributed by atoms with Crippen LogP contribution >= 0.6 is 0 Å². The van der Waals surface area contributed by atoms with Crippen molar-refractivity contribution in [2.45, 2.75) is 12.2 Å². The molecule has 2 atom stereocenters. The fourth-order valence-electron chi connectivity index (χ4n) is 2.30. The molecule has 0 fully saturated rings. The molecule has 2 unspecified atom stereocenters. The average Bonchev–Trinajstić information content (AvgIpc) is 2.74. The van der Waals surface area contributed by atoms with E-state index in [1.165, 1.54) is 18.2 Å². The number of phenolic OH excluding ortho intramolecular Hbond substituents is 5. The number of aliphatic hydroxyl groups is 1. The Morgan fingerprint density at radius 2 is 1.53 bits per heavy atom. The van der Waals surface area contributed by atoms with Crippen LogP contribution in [0.2, 0.25) is 0 Å². The van der Waals surface area contributed by atoms with Gasteiger partial charge in [0.05, 0.1) is 5.56 Å². The van der Waals surface area contributed by atoms with E-state index in [1.807, 2.05) is 0 Å². The molecule has 12 heteroatoms. The summed E-state index contributed by atoms with van der Waals surface area (Å²) in [4.78, 5) is 35.1. The number of carboxylic acids is 1. The summed E-state index contributed by atoms with van der Waals surface area (Å²) in [5, 5.41) is 65.6. The Morgan fingerprint density at radius 1 is 0.906 bits per heavy atom. The highest BCUT2D eigenvalue weighted by Gasteiger charge is 2.31. The molecule has 0 amide bonds. The van der Waals surface area contributed by atoms with Crippen LogP contribution in [-0.4, -0.2) is 72.5 Å². The second-order valence-electron chi connectivity index (χ2n) is 6.30. The molecular weight excluding hydrogens is 432 g/mol. The van der Waals surface area contributed by atoms with Crippen LogP contribution in [0.25, 0.3) is 6.08 Å². The highest BCUT2D eigenvalue weighted by molar-refractivity contribution is 5.91. The molecule has 0 bridgehead atoms. The zero-order chi connectivity index (χ0) is 24.0. The van der Waals surface area contributed by atoms with E-state index in [4.69, 9.17) is 14.6 Å². The number of aromatic hydroxyl groups is 5. The Kier molecular flexibility index (Phi) is 7.47. The highest BCUT2D eigenvalue weighted by atomic mass is 16.6. The van der Waals surface area contributed by atoms with Gasteiger partial charge < -0.3 is 45.2 Å². The molecule has 0 saturated carbocycles. The first kappa shape index (κ1) is 23.8. The minimum atomic E-state index is -2.29. The third kappa shape index (κ3) is 6.03. The van der Waals surface area contributed by atoms with Crippen molar-refractivity contribution in [1.29, 1.82) is 0 Å². The van der Waals surface area contributed by atoms with Gasteiger partial charge in [-0.2, -0.15) is 0 Å². The number of hydrogen-bond acceptors (Lipinski definition) is 11. The number of esters is 2. The van der Waals surface area contributed by atoms with Gasteiger partial charge in [0, 0.05) is 6.08 Å². The van der Waals surface area contributed by atoms with Crippen molar-refractivity contribution in [3.05, 3.63) is 47.5 Å². The molecule has 0 heterocycles. The van der Waals surface area contributed by atoms with Crippen LogP contribution in [0.4, 0.5) is 0 Å². The topological polar surface area (TPSA) is 211 Å². The average molecular weight is 450 g/mol. The van der Waals surface area contributed by atoms with E-state index < -0.39 is 65.3 Å². The Balaban J connectivity index is 2.08. The monoisotopic (exact) mass is 450 g/mol. The Hall–Kier alpha value is -4.45. The van der Waals surface area contributed by atoms with Crippen LogP contribution < -0.4 is 0 Å². The molecular formula is C20H18O12. The smallest absolute Gasteiger partial charge is 0.338 e. The van der Waals surface area contributed by atoms with Gasteiger partial charge in [0.1, 0.15) is 6.61 Å². The van der Waals surface area contributed by atoms with E-state index in [1.54, 1.807) is 0 Å². The molecule has 0 aliphatic rings. The summed E-state index contributed by atoms with van der Waals surface area (Å²) in [6, 6.07) is 5.16. The van der Waals surface area contributed by atoms with Crippen molar-refractivity contribution in [3.63, 3.8) is 0 Å². The Morgan fingerprint density at radius 3 is 2.09 bits per heavy atom. The van der Waals surface area contributed by atoms with Crippen LogP contribution in [-0.2, 0) is 19.1 Å². The molecule has 2 rings (SSSR count). The maximum Gasteiger partial charge on any atom is 0.338 e. The van der Waals surface area contributed by atoms with Gasteiger partial charge >= 0.3 is 17.9 Å². The predicted molar refractivity (Wildman–Crippen MR) is 104 cm³/mol. The summed E-state index contributed by atoms with van der Waals surface area (Å²) < 4.78 is 9.59. The molecule has 0 saturated heterocycles. The summed E-state index contributed by atoms with van der Waals surface area (Å²) in [6.45, 7) is -0.876. The number of carbonyl (C=O) groups excluding carboxylic acids is 2. The summed E-state index contributed by atoms with van der Waals surface area (Å²) in [7, 11) is 0. The molecule has 0 aliphatic carbocycles. The van der Waals surface area contributed by atoms with Crippen molar-refractivity contribution in [1.82, 2.24) is 0 Å². The number of hydrogen-bond donors (Lipinski definition) is 7. The number of benzene rings is 2. The Labute approximate surface area is 179 Å². The summed E-state index contributed by atoms with van der Waals surface area (Å²) in [5.41, 5.74) is -0.170. The third-order valence-electron chi connectivity index (χ3n) is 3.97. The summed E-state index contributed by atoms with van der Waals surface area (Å²) >= 11 is 0. The molecule has 7 N–H and O–H groups in total. The normalized spacial score (nSPS) is 12.8. The van der Waals surface area contributed by atoms with Gasteiger partial charge in [-0.1, -0.05) is 6.07 Å². The van der Waals surface area contributed by atoms with Crippen molar-refractivity contribution >= 4 is 24.0 Å². The quantitative estimate of drug-likeness (QED) is 0.166. The van der Waals surface area contributed by atoms with E-state index in [2.05, 4.69) is 0 Å². The van der Waals surface area contributed by atoms with Gasteiger partial charge in [-0.25, -0.2) is 14.4 Å². The second kappa shape index (κ2) is 10.0. The van der Waals surface area contributed by atoms with E-state index >= 15 is 0 Å². The van der Waals surface area contributed by atoms with Crippen molar-refractivity contribution in [2.24, 2.45) is 0 Å². The van der Waals surface area contributed by atoms with Crippen molar-refractivity contribution < 1.29 is 59.6 Å². The zero-order valence-corrected chi connectivity index (χ0v) is 16.1. The third-order valence-corrected chi connectivity index (χ3v) is 3.97. The van der Waals surface area contributed by atoms with Crippen LogP contribution in [0.5, 0.6) is 28.7 Å². The largest absolute Gasteiger partial charge is 0.504 e.